The van der Waals surface area contributed by atoms with Crippen molar-refractivity contribution in [3.8, 4) is 0 Å². The summed E-state index contributed by atoms with van der Waals surface area (Å²) in [6, 6.07) is 0.458. The van der Waals surface area contributed by atoms with Gasteiger partial charge in [0.1, 0.15) is 0 Å². The average Bonchev–Trinajstić information content (AvgIpc) is 1.84. The fraction of sp³-hybridized carbons (Fsp3) is 1.00. The van der Waals surface area contributed by atoms with Crippen LogP contribution in [0, 0.1) is 5.41 Å². The second-order valence-electron chi connectivity index (χ2n) is 4.26. The first-order chi connectivity index (χ1) is 4.99. The van der Waals surface area contributed by atoms with Gasteiger partial charge in [-0.2, -0.15) is 0 Å². The summed E-state index contributed by atoms with van der Waals surface area (Å²) in [5, 5.41) is 11.9. The van der Waals surface area contributed by atoms with Crippen molar-refractivity contribution in [1.82, 2.24) is 5.32 Å². The Bertz CT molecular complexity index is 96.2. The molecule has 2 nitrogen and oxygen atoms in total. The summed E-state index contributed by atoms with van der Waals surface area (Å²) in [7, 11) is 1.95. The molecule has 0 rings (SSSR count). The van der Waals surface area contributed by atoms with Crippen LogP contribution in [0.15, 0.2) is 0 Å². The van der Waals surface area contributed by atoms with Gasteiger partial charge in [0.25, 0.3) is 0 Å². The first-order valence-electron chi connectivity index (χ1n) is 4.27. The minimum Gasteiger partial charge on any atom is -0.396 e. The summed E-state index contributed by atoms with van der Waals surface area (Å²) < 4.78 is 0. The summed E-state index contributed by atoms with van der Waals surface area (Å²) in [6.45, 7) is 6.93. The Morgan fingerprint density at radius 3 is 2.18 bits per heavy atom. The summed E-state index contributed by atoms with van der Waals surface area (Å²) in [4.78, 5) is 0. The van der Waals surface area contributed by atoms with E-state index in [1.54, 1.807) is 0 Å². The summed E-state index contributed by atoms with van der Waals surface area (Å²) >= 11 is 0. The number of rotatable bonds is 4. The molecule has 0 fully saturated rings. The zero-order valence-electron chi connectivity index (χ0n) is 8.15. The molecule has 68 valence electrons. The van der Waals surface area contributed by atoms with Crippen LogP contribution in [0.3, 0.4) is 0 Å². The molecule has 0 saturated carbocycles. The summed E-state index contributed by atoms with van der Waals surface area (Å²) in [6.07, 6.45) is 1.97. The number of aliphatic hydroxyl groups excluding tert-OH is 1. The van der Waals surface area contributed by atoms with Gasteiger partial charge in [-0.1, -0.05) is 20.8 Å². The van der Waals surface area contributed by atoms with Gasteiger partial charge >= 0.3 is 0 Å². The Balaban J connectivity index is 3.68. The number of nitrogens with one attached hydrogen (secondary N) is 1. The van der Waals surface area contributed by atoms with Crippen LogP contribution in [0.1, 0.15) is 33.6 Å². The van der Waals surface area contributed by atoms with Gasteiger partial charge in [0.15, 0.2) is 0 Å². The number of aliphatic hydroxyl groups is 1. The van der Waals surface area contributed by atoms with E-state index in [-0.39, 0.29) is 6.61 Å². The molecule has 0 bridgehead atoms. The topological polar surface area (TPSA) is 32.3 Å². The second-order valence-corrected chi connectivity index (χ2v) is 4.26. The van der Waals surface area contributed by atoms with Crippen molar-refractivity contribution in [2.75, 3.05) is 13.7 Å². The monoisotopic (exact) mass is 159 g/mol. The first kappa shape index (κ1) is 10.9. The molecule has 0 heterocycles. The highest BCUT2D eigenvalue weighted by Gasteiger charge is 2.16. The molecule has 0 spiro atoms. The van der Waals surface area contributed by atoms with Gasteiger partial charge in [0.2, 0.25) is 0 Å². The SMILES string of the molecule is CNC(CCO)CC(C)(C)C. The molecule has 0 aromatic rings. The molecule has 0 aromatic heterocycles. The summed E-state index contributed by atoms with van der Waals surface area (Å²) in [5.41, 5.74) is 0.350. The Morgan fingerprint density at radius 1 is 1.36 bits per heavy atom. The van der Waals surface area contributed by atoms with Gasteiger partial charge in [-0.3, -0.25) is 0 Å². The number of hydrogen-bond donors (Lipinski definition) is 2. The van der Waals surface area contributed by atoms with Crippen LogP contribution >= 0.6 is 0 Å². The molecule has 2 heteroatoms. The van der Waals surface area contributed by atoms with Crippen LogP contribution in [0.5, 0.6) is 0 Å². The molecule has 0 aliphatic heterocycles. The van der Waals surface area contributed by atoms with E-state index in [4.69, 9.17) is 5.11 Å². The van der Waals surface area contributed by atoms with Gasteiger partial charge in [-0.05, 0) is 25.3 Å². The molecule has 1 unspecified atom stereocenters. The van der Waals surface area contributed by atoms with E-state index in [2.05, 4.69) is 26.1 Å². The molecule has 2 N–H and O–H groups in total. The van der Waals surface area contributed by atoms with Crippen LogP contribution in [-0.2, 0) is 0 Å². The molecule has 1 atom stereocenters. The molecular formula is C9H21NO. The van der Waals surface area contributed by atoms with Crippen molar-refractivity contribution in [3.63, 3.8) is 0 Å². The van der Waals surface area contributed by atoms with Crippen LogP contribution < -0.4 is 5.32 Å². The van der Waals surface area contributed by atoms with E-state index in [9.17, 15) is 0 Å². The predicted molar refractivity (Wildman–Crippen MR) is 48.6 cm³/mol. The third-order valence-electron chi connectivity index (χ3n) is 1.74. The quantitative estimate of drug-likeness (QED) is 0.649. The Morgan fingerprint density at radius 2 is 1.91 bits per heavy atom. The highest BCUT2D eigenvalue weighted by atomic mass is 16.3. The van der Waals surface area contributed by atoms with Gasteiger partial charge in [0.05, 0.1) is 0 Å². The van der Waals surface area contributed by atoms with Crippen molar-refractivity contribution in [2.24, 2.45) is 5.41 Å². The third-order valence-corrected chi connectivity index (χ3v) is 1.74. The van der Waals surface area contributed by atoms with Crippen LogP contribution in [-0.4, -0.2) is 24.8 Å². The lowest BCUT2D eigenvalue weighted by Gasteiger charge is -2.25. The molecule has 0 aromatic carbocycles. The Labute approximate surface area is 70.0 Å². The van der Waals surface area contributed by atoms with Gasteiger partial charge in [-0.25, -0.2) is 0 Å². The molecule has 0 saturated heterocycles. The predicted octanol–water partition coefficient (Wildman–Crippen LogP) is 1.39. The maximum absolute atomic E-state index is 8.72. The van der Waals surface area contributed by atoms with Gasteiger partial charge < -0.3 is 10.4 Å². The second kappa shape index (κ2) is 4.73. The lowest BCUT2D eigenvalue weighted by Crippen LogP contribution is -2.30. The summed E-state index contributed by atoms with van der Waals surface area (Å²) in [5.74, 6) is 0. The lowest BCUT2D eigenvalue weighted by molar-refractivity contribution is 0.237. The van der Waals surface area contributed by atoms with E-state index in [0.717, 1.165) is 12.8 Å². The first-order valence-corrected chi connectivity index (χ1v) is 4.27. The molecule has 11 heavy (non-hydrogen) atoms. The largest absolute Gasteiger partial charge is 0.396 e. The van der Waals surface area contributed by atoms with Crippen LogP contribution in [0.25, 0.3) is 0 Å². The maximum atomic E-state index is 8.72. The van der Waals surface area contributed by atoms with E-state index in [1.165, 1.54) is 0 Å². The normalized spacial score (nSPS) is 15.0. The van der Waals surface area contributed by atoms with E-state index < -0.39 is 0 Å². The molecule has 0 aliphatic rings. The van der Waals surface area contributed by atoms with Gasteiger partial charge in [-0.15, -0.1) is 0 Å². The highest BCUT2D eigenvalue weighted by Crippen LogP contribution is 2.21. The fourth-order valence-electron chi connectivity index (χ4n) is 1.24. The van der Waals surface area contributed by atoms with Crippen LogP contribution in [0.4, 0.5) is 0 Å². The zero-order chi connectivity index (χ0) is 8.91. The molecule has 0 radical (unpaired) electrons. The van der Waals surface area contributed by atoms with Crippen molar-refractivity contribution in [1.29, 1.82) is 0 Å². The van der Waals surface area contributed by atoms with Gasteiger partial charge in [0, 0.05) is 12.6 Å². The van der Waals surface area contributed by atoms with Crippen LogP contribution in [0.2, 0.25) is 0 Å². The van der Waals surface area contributed by atoms with Crippen molar-refractivity contribution >= 4 is 0 Å². The fourth-order valence-corrected chi connectivity index (χ4v) is 1.24. The van der Waals surface area contributed by atoms with Crippen molar-refractivity contribution < 1.29 is 5.11 Å². The Hall–Kier alpha value is -0.0800. The zero-order valence-corrected chi connectivity index (χ0v) is 8.15. The minimum atomic E-state index is 0.279. The lowest BCUT2D eigenvalue weighted by atomic mass is 9.87. The van der Waals surface area contributed by atoms with E-state index >= 15 is 0 Å². The molecular weight excluding hydrogens is 138 g/mol. The maximum Gasteiger partial charge on any atom is 0.0445 e. The van der Waals surface area contributed by atoms with E-state index in [1.807, 2.05) is 7.05 Å². The average molecular weight is 159 g/mol. The highest BCUT2D eigenvalue weighted by molar-refractivity contribution is 4.72. The molecule has 0 amide bonds. The number of hydrogen-bond acceptors (Lipinski definition) is 2. The third kappa shape index (κ3) is 6.32. The van der Waals surface area contributed by atoms with Crippen molar-refractivity contribution in [2.45, 2.75) is 39.7 Å². The Kier molecular flexibility index (Phi) is 4.69. The smallest absolute Gasteiger partial charge is 0.0445 e. The minimum absolute atomic E-state index is 0.279. The molecule has 0 aliphatic carbocycles. The van der Waals surface area contributed by atoms with Crippen molar-refractivity contribution in [3.05, 3.63) is 0 Å². The standard InChI is InChI=1S/C9H21NO/c1-9(2,3)7-8(10-4)5-6-11/h8,10-11H,5-7H2,1-4H3. The van der Waals surface area contributed by atoms with E-state index in [0.29, 0.717) is 11.5 Å².